The molecule has 0 aliphatic heterocycles. The minimum absolute atomic E-state index is 0.228. The van der Waals surface area contributed by atoms with Gasteiger partial charge in [0.25, 0.3) is 0 Å². The number of benzene rings is 2. The highest BCUT2D eigenvalue weighted by Crippen LogP contribution is 2.21. The summed E-state index contributed by atoms with van der Waals surface area (Å²) in [6, 6.07) is 16.7. The molecule has 23 heavy (non-hydrogen) atoms. The topological polar surface area (TPSA) is 57.1 Å². The summed E-state index contributed by atoms with van der Waals surface area (Å²) in [7, 11) is 1.39. The number of rotatable bonds is 7. The first-order chi connectivity index (χ1) is 11.2. The second-order valence-electron chi connectivity index (χ2n) is 4.67. The van der Waals surface area contributed by atoms with Crippen molar-refractivity contribution in [1.82, 2.24) is 0 Å². The highest BCUT2D eigenvalue weighted by molar-refractivity contribution is 6.36. The fourth-order valence-electron chi connectivity index (χ4n) is 1.92. The molecule has 120 valence electrons. The minimum Gasteiger partial charge on any atom is -0.489 e. The third-order valence-corrected chi connectivity index (χ3v) is 3.08. The van der Waals surface area contributed by atoms with Crippen molar-refractivity contribution in [3.8, 4) is 11.5 Å². The van der Waals surface area contributed by atoms with Gasteiger partial charge in [0.2, 0.25) is 0 Å². The average Bonchev–Trinajstić information content (AvgIpc) is 2.59. The van der Waals surface area contributed by atoms with Gasteiger partial charge in [-0.2, -0.15) is 0 Å². The Labute approximate surface area is 135 Å². The monoisotopic (exact) mass is 313 g/mol. The molecule has 2 aromatic carbocycles. The molecule has 0 radical (unpaired) electrons. The van der Waals surface area contributed by atoms with Crippen LogP contribution in [-0.2, 0) is 16.2 Å². The lowest BCUT2D eigenvalue weighted by atomic mass is 10.2. The second kappa shape index (κ2) is 8.58. The van der Waals surface area contributed by atoms with Gasteiger partial charge < -0.3 is 14.3 Å². The van der Waals surface area contributed by atoms with Crippen molar-refractivity contribution in [2.24, 2.45) is 5.16 Å². The second-order valence-corrected chi connectivity index (χ2v) is 4.67. The van der Waals surface area contributed by atoms with Crippen molar-refractivity contribution < 1.29 is 19.1 Å². The van der Waals surface area contributed by atoms with Crippen LogP contribution in [-0.4, -0.2) is 18.8 Å². The first-order valence-corrected chi connectivity index (χ1v) is 7.32. The van der Waals surface area contributed by atoms with Gasteiger partial charge in [0, 0.05) is 5.56 Å². The van der Waals surface area contributed by atoms with E-state index in [9.17, 15) is 4.79 Å². The molecule has 5 nitrogen and oxygen atoms in total. The summed E-state index contributed by atoms with van der Waals surface area (Å²) in [5, 5.41) is 3.67. The number of hydrogen-bond donors (Lipinski definition) is 0. The summed E-state index contributed by atoms with van der Waals surface area (Å²) in [6.45, 7) is 2.11. The van der Waals surface area contributed by atoms with E-state index in [2.05, 4.69) is 9.99 Å². The van der Waals surface area contributed by atoms with Gasteiger partial charge in [0.1, 0.15) is 25.2 Å². The maximum absolute atomic E-state index is 12.1. The maximum atomic E-state index is 12.1. The molecule has 0 atom stereocenters. The number of para-hydroxylation sites is 2. The number of hydrogen-bond acceptors (Lipinski definition) is 5. The smallest absolute Gasteiger partial charge is 0.361 e. The molecular weight excluding hydrogens is 294 g/mol. The largest absolute Gasteiger partial charge is 0.489 e. The SMILES string of the molecule is CCC(=NOC)C(=O)Oc1ccccc1COc1ccccc1. The van der Waals surface area contributed by atoms with E-state index in [-0.39, 0.29) is 5.71 Å². The quantitative estimate of drug-likeness (QED) is 0.339. The van der Waals surface area contributed by atoms with Crippen LogP contribution in [0.5, 0.6) is 11.5 Å². The molecule has 0 unspecified atom stereocenters. The minimum atomic E-state index is -0.526. The zero-order valence-corrected chi connectivity index (χ0v) is 13.2. The van der Waals surface area contributed by atoms with Gasteiger partial charge >= 0.3 is 5.97 Å². The van der Waals surface area contributed by atoms with Crippen LogP contribution in [0.3, 0.4) is 0 Å². The first kappa shape index (κ1) is 16.5. The molecule has 2 aromatic rings. The molecule has 2 rings (SSSR count). The Balaban J connectivity index is 2.08. The summed E-state index contributed by atoms with van der Waals surface area (Å²) < 4.78 is 11.1. The lowest BCUT2D eigenvalue weighted by Gasteiger charge is -2.11. The van der Waals surface area contributed by atoms with E-state index in [0.29, 0.717) is 18.8 Å². The van der Waals surface area contributed by atoms with Gasteiger partial charge in [-0.25, -0.2) is 4.79 Å². The van der Waals surface area contributed by atoms with Gasteiger partial charge in [0.05, 0.1) is 0 Å². The molecule has 0 spiro atoms. The Morgan fingerprint density at radius 2 is 1.74 bits per heavy atom. The van der Waals surface area contributed by atoms with Crippen LogP contribution in [0.4, 0.5) is 0 Å². The molecule has 0 aromatic heterocycles. The first-order valence-electron chi connectivity index (χ1n) is 7.32. The zero-order chi connectivity index (χ0) is 16.5. The molecule has 0 amide bonds. The fourth-order valence-corrected chi connectivity index (χ4v) is 1.92. The van der Waals surface area contributed by atoms with Crippen LogP contribution in [0.25, 0.3) is 0 Å². The van der Waals surface area contributed by atoms with Crippen molar-refractivity contribution >= 4 is 11.7 Å². The predicted octanol–water partition coefficient (Wildman–Crippen LogP) is 3.58. The van der Waals surface area contributed by atoms with E-state index >= 15 is 0 Å². The van der Waals surface area contributed by atoms with Gasteiger partial charge in [-0.1, -0.05) is 48.5 Å². The highest BCUT2D eigenvalue weighted by Gasteiger charge is 2.15. The van der Waals surface area contributed by atoms with E-state index in [0.717, 1.165) is 11.3 Å². The van der Waals surface area contributed by atoms with Crippen LogP contribution in [0.1, 0.15) is 18.9 Å². The molecule has 5 heteroatoms. The third-order valence-electron chi connectivity index (χ3n) is 3.08. The van der Waals surface area contributed by atoms with Crippen LogP contribution < -0.4 is 9.47 Å². The van der Waals surface area contributed by atoms with Crippen LogP contribution >= 0.6 is 0 Å². The van der Waals surface area contributed by atoms with Gasteiger partial charge in [-0.3, -0.25) is 0 Å². The molecule has 0 saturated heterocycles. The van der Waals surface area contributed by atoms with Gasteiger partial charge in [-0.15, -0.1) is 0 Å². The van der Waals surface area contributed by atoms with Gasteiger partial charge in [-0.05, 0) is 24.6 Å². The van der Waals surface area contributed by atoms with Crippen LogP contribution in [0, 0.1) is 0 Å². The predicted molar refractivity (Wildman–Crippen MR) is 87.6 cm³/mol. The van der Waals surface area contributed by atoms with Crippen LogP contribution in [0.15, 0.2) is 59.8 Å². The highest BCUT2D eigenvalue weighted by atomic mass is 16.6. The molecular formula is C18H19NO4. The van der Waals surface area contributed by atoms with Gasteiger partial charge in [0.15, 0.2) is 5.71 Å². The van der Waals surface area contributed by atoms with Crippen molar-refractivity contribution in [3.63, 3.8) is 0 Å². The number of ether oxygens (including phenoxy) is 2. The van der Waals surface area contributed by atoms with E-state index in [1.807, 2.05) is 49.4 Å². The maximum Gasteiger partial charge on any atom is 0.361 e. The Bertz CT molecular complexity index is 668. The molecule has 0 aliphatic carbocycles. The summed E-state index contributed by atoms with van der Waals surface area (Å²) in [5.41, 5.74) is 1.00. The van der Waals surface area contributed by atoms with Crippen molar-refractivity contribution in [2.75, 3.05) is 7.11 Å². The zero-order valence-electron chi connectivity index (χ0n) is 13.2. The van der Waals surface area contributed by atoms with Crippen molar-refractivity contribution in [1.29, 1.82) is 0 Å². The van der Waals surface area contributed by atoms with E-state index in [1.54, 1.807) is 12.1 Å². The molecule has 0 N–H and O–H groups in total. The molecule has 0 fully saturated rings. The number of carbonyl (C=O) groups excluding carboxylic acids is 1. The lowest BCUT2D eigenvalue weighted by Crippen LogP contribution is -2.20. The summed E-state index contributed by atoms with van der Waals surface area (Å²) in [4.78, 5) is 16.7. The Hall–Kier alpha value is -2.82. The lowest BCUT2D eigenvalue weighted by molar-refractivity contribution is -0.127. The van der Waals surface area contributed by atoms with E-state index in [1.165, 1.54) is 7.11 Å². The van der Waals surface area contributed by atoms with E-state index < -0.39 is 5.97 Å². The Morgan fingerprint density at radius 3 is 2.43 bits per heavy atom. The number of oxime groups is 1. The summed E-state index contributed by atoms with van der Waals surface area (Å²) in [6.07, 6.45) is 0.426. The average molecular weight is 313 g/mol. The third kappa shape index (κ3) is 4.85. The number of esters is 1. The van der Waals surface area contributed by atoms with Crippen LogP contribution in [0.2, 0.25) is 0 Å². The molecule has 0 heterocycles. The van der Waals surface area contributed by atoms with Crippen molar-refractivity contribution in [3.05, 3.63) is 60.2 Å². The summed E-state index contributed by atoms with van der Waals surface area (Å²) >= 11 is 0. The number of nitrogens with zero attached hydrogens (tertiary/aromatic N) is 1. The van der Waals surface area contributed by atoms with Crippen molar-refractivity contribution in [2.45, 2.75) is 20.0 Å². The molecule has 0 bridgehead atoms. The molecule has 0 aliphatic rings. The fraction of sp³-hybridized carbons (Fsp3) is 0.222. The van der Waals surface area contributed by atoms with E-state index in [4.69, 9.17) is 9.47 Å². The Kier molecular flexibility index (Phi) is 6.17. The normalized spacial score (nSPS) is 11.0. The standard InChI is InChI=1S/C18H19NO4/c1-3-16(19-21-2)18(20)23-17-12-8-7-9-14(17)13-22-15-10-5-4-6-11-15/h4-12H,3,13H2,1-2H3. The molecule has 0 saturated carbocycles. The number of carbonyl (C=O) groups is 1. The Morgan fingerprint density at radius 1 is 1.04 bits per heavy atom. The summed E-state index contributed by atoms with van der Waals surface area (Å²) in [5.74, 6) is 0.677.